The molecule has 5 rings (SSSR count). The van der Waals surface area contributed by atoms with Crippen molar-refractivity contribution in [2.24, 2.45) is 52.3 Å². The van der Waals surface area contributed by atoms with Crippen LogP contribution in [0.4, 0.5) is 0 Å². The summed E-state index contributed by atoms with van der Waals surface area (Å²) in [4.78, 5) is 0.987. The van der Waals surface area contributed by atoms with Crippen LogP contribution in [0.1, 0.15) is 112 Å². The van der Waals surface area contributed by atoms with Crippen molar-refractivity contribution in [3.05, 3.63) is 30.3 Å². The van der Waals surface area contributed by atoms with Gasteiger partial charge in [0.25, 0.3) is 0 Å². The Kier molecular flexibility index (Phi) is 7.65. The van der Waals surface area contributed by atoms with Gasteiger partial charge in [-0.05, 0) is 5.92 Å². The van der Waals surface area contributed by atoms with Gasteiger partial charge < -0.3 is 0 Å². The third kappa shape index (κ3) is 4.72. The van der Waals surface area contributed by atoms with Gasteiger partial charge in [0.15, 0.2) is 0 Å². The maximum absolute atomic E-state index is 2.77. The summed E-state index contributed by atoms with van der Waals surface area (Å²) in [6, 6.07) is 11.4. The van der Waals surface area contributed by atoms with Gasteiger partial charge >= 0.3 is 192 Å². The number of hydrogen-bond acceptors (Lipinski definition) is 0. The van der Waals surface area contributed by atoms with Crippen LogP contribution >= 0.6 is 0 Å². The van der Waals surface area contributed by atoms with Gasteiger partial charge in [0.05, 0.1) is 0 Å². The van der Waals surface area contributed by atoms with E-state index < -0.39 is 0 Å². The summed E-state index contributed by atoms with van der Waals surface area (Å²) < 4.78 is 1.63. The summed E-state index contributed by atoms with van der Waals surface area (Å²) in [7, 11) is 0. The van der Waals surface area contributed by atoms with Crippen LogP contribution in [0.15, 0.2) is 30.3 Å². The minimum absolute atomic E-state index is 0.647. The molecule has 4 fully saturated rings. The maximum atomic E-state index is 2.77. The molecule has 0 radical (unpaired) electrons. The van der Waals surface area contributed by atoms with Gasteiger partial charge in [-0.3, -0.25) is 0 Å². The fraction of sp³-hybridized carbons (Fsp3) is 0.818. The zero-order valence-corrected chi connectivity index (χ0v) is 24.6. The summed E-state index contributed by atoms with van der Waals surface area (Å²) in [5.74, 6) is 6.93. The molecule has 0 nitrogen and oxygen atoms in total. The first kappa shape index (κ1) is 25.4. The first-order chi connectivity index (χ1) is 16.3. The summed E-state index contributed by atoms with van der Waals surface area (Å²) in [5.41, 5.74) is 1.30. The molecular formula is C33H52Se. The summed E-state index contributed by atoms with van der Waals surface area (Å²) >= 11 is 0.676. The van der Waals surface area contributed by atoms with Crippen LogP contribution in [-0.4, -0.2) is 15.0 Å². The molecule has 9 atom stereocenters. The van der Waals surface area contributed by atoms with Crippen molar-refractivity contribution in [1.29, 1.82) is 0 Å². The molecule has 4 aliphatic carbocycles. The third-order valence-corrected chi connectivity index (χ3v) is 14.6. The molecule has 0 aromatic heterocycles. The molecule has 34 heavy (non-hydrogen) atoms. The molecule has 190 valence electrons. The number of hydrogen-bond donors (Lipinski definition) is 0. The van der Waals surface area contributed by atoms with Crippen molar-refractivity contribution >= 4 is 19.4 Å². The minimum atomic E-state index is 0.647. The SMILES string of the molecule is CC(C)CCC[C@@H](C)[C@H]1CC[C@H]2[C@@H]3CCC4C[C@@H]([Se]c5ccccc5)CC[C@]4(C)[C@H]3CC[C@]12C. The first-order valence-electron chi connectivity index (χ1n) is 15.0. The monoisotopic (exact) mass is 528 g/mol. The Morgan fingerprint density at radius 2 is 1.56 bits per heavy atom. The molecule has 0 saturated heterocycles. The summed E-state index contributed by atoms with van der Waals surface area (Å²) in [6.07, 6.45) is 18.2. The predicted molar refractivity (Wildman–Crippen MR) is 149 cm³/mol. The van der Waals surface area contributed by atoms with E-state index in [2.05, 4.69) is 65.0 Å². The second-order valence-corrected chi connectivity index (χ2v) is 16.9. The Labute approximate surface area is 218 Å². The Morgan fingerprint density at radius 3 is 2.32 bits per heavy atom. The average Bonchev–Trinajstić information content (AvgIpc) is 3.17. The quantitative estimate of drug-likeness (QED) is 0.311. The Bertz CT molecular complexity index is 800. The third-order valence-electron chi connectivity index (χ3n) is 11.9. The average molecular weight is 528 g/mol. The normalized spacial score (nSPS) is 42.6. The number of benzene rings is 1. The van der Waals surface area contributed by atoms with E-state index in [0.29, 0.717) is 25.8 Å². The molecule has 1 aromatic carbocycles. The van der Waals surface area contributed by atoms with Crippen LogP contribution in [0.5, 0.6) is 0 Å². The van der Waals surface area contributed by atoms with E-state index in [9.17, 15) is 0 Å². The van der Waals surface area contributed by atoms with Crippen LogP contribution in [-0.2, 0) is 0 Å². The van der Waals surface area contributed by atoms with Crippen LogP contribution in [0.3, 0.4) is 0 Å². The topological polar surface area (TPSA) is 0 Å². The standard InChI is InChI=1S/C33H52Se/c1-23(2)10-9-11-24(3)29-16-17-30-28-15-14-25-22-27(34-26-12-7-6-8-13-26)18-20-32(25,4)31(28)19-21-33(29,30)5/h6-8,12-13,23-25,27-31H,9-11,14-22H2,1-5H3/t24-,25?,27+,28+,29-,30+,31+,32+,33-/m1/s1. The molecule has 0 amide bonds. The molecule has 4 aliphatic rings. The molecule has 1 unspecified atom stereocenters. The summed E-state index contributed by atoms with van der Waals surface area (Å²) in [5, 5.41) is 0. The van der Waals surface area contributed by atoms with E-state index in [1.54, 1.807) is 30.1 Å². The van der Waals surface area contributed by atoms with E-state index >= 15 is 0 Å². The van der Waals surface area contributed by atoms with Gasteiger partial charge in [-0.25, -0.2) is 0 Å². The van der Waals surface area contributed by atoms with Crippen LogP contribution in [0.2, 0.25) is 4.82 Å². The predicted octanol–water partition coefficient (Wildman–Crippen LogP) is 8.93. The molecule has 0 aliphatic heterocycles. The van der Waals surface area contributed by atoms with E-state index in [-0.39, 0.29) is 0 Å². The van der Waals surface area contributed by atoms with Gasteiger partial charge in [-0.1, -0.05) is 20.3 Å². The van der Waals surface area contributed by atoms with E-state index in [1.807, 2.05) is 0 Å². The van der Waals surface area contributed by atoms with E-state index in [1.165, 1.54) is 51.4 Å². The molecule has 0 heterocycles. The van der Waals surface area contributed by atoms with Gasteiger partial charge in [0.1, 0.15) is 0 Å². The fourth-order valence-electron chi connectivity index (χ4n) is 10.0. The van der Waals surface area contributed by atoms with E-state index in [0.717, 1.165) is 46.2 Å². The van der Waals surface area contributed by atoms with Crippen LogP contribution < -0.4 is 4.46 Å². The van der Waals surface area contributed by atoms with Gasteiger partial charge in [-0.15, -0.1) is 0 Å². The Hall–Kier alpha value is -0.261. The molecule has 0 N–H and O–H groups in total. The molecular weight excluding hydrogens is 475 g/mol. The molecule has 0 bridgehead atoms. The molecule has 4 saturated carbocycles. The number of fused-ring (bicyclic) bond motifs is 5. The van der Waals surface area contributed by atoms with Crippen molar-refractivity contribution in [3.8, 4) is 0 Å². The van der Waals surface area contributed by atoms with Gasteiger partial charge in [0, 0.05) is 0 Å². The van der Waals surface area contributed by atoms with Crippen molar-refractivity contribution in [3.63, 3.8) is 0 Å². The fourth-order valence-corrected chi connectivity index (χ4v) is 12.7. The molecule has 1 heteroatoms. The van der Waals surface area contributed by atoms with Crippen molar-refractivity contribution in [2.75, 3.05) is 0 Å². The van der Waals surface area contributed by atoms with Crippen molar-refractivity contribution < 1.29 is 0 Å². The van der Waals surface area contributed by atoms with Crippen LogP contribution in [0.25, 0.3) is 0 Å². The van der Waals surface area contributed by atoms with Crippen LogP contribution in [0, 0.1) is 52.3 Å². The molecule has 0 spiro atoms. The first-order valence-corrected chi connectivity index (χ1v) is 16.9. The van der Waals surface area contributed by atoms with Crippen molar-refractivity contribution in [2.45, 2.75) is 116 Å². The summed E-state index contributed by atoms with van der Waals surface area (Å²) in [6.45, 7) is 12.9. The zero-order valence-electron chi connectivity index (χ0n) is 22.9. The van der Waals surface area contributed by atoms with Gasteiger partial charge in [-0.2, -0.15) is 0 Å². The Balaban J connectivity index is 1.24. The van der Waals surface area contributed by atoms with Gasteiger partial charge in [0.2, 0.25) is 0 Å². The second kappa shape index (κ2) is 10.2. The second-order valence-electron chi connectivity index (χ2n) is 14.0. The molecule has 1 aromatic rings. The Morgan fingerprint density at radius 1 is 0.824 bits per heavy atom. The van der Waals surface area contributed by atoms with E-state index in [4.69, 9.17) is 0 Å². The zero-order chi connectivity index (χ0) is 23.9. The van der Waals surface area contributed by atoms with Crippen molar-refractivity contribution in [1.82, 2.24) is 0 Å². The number of rotatable bonds is 7.